The number of nitrogens with one attached hydrogen (secondary N) is 1. The van der Waals surface area contributed by atoms with Gasteiger partial charge in [-0.25, -0.2) is 13.9 Å². The molecule has 13 heteroatoms. The highest BCUT2D eigenvalue weighted by molar-refractivity contribution is 7.92. The highest BCUT2D eigenvalue weighted by Gasteiger charge is 2.32. The van der Waals surface area contributed by atoms with E-state index in [-0.39, 0.29) is 84.2 Å². The first-order chi connectivity index (χ1) is 21.7. The highest BCUT2D eigenvalue weighted by Crippen LogP contribution is 2.39. The van der Waals surface area contributed by atoms with Crippen LogP contribution in [0.3, 0.4) is 0 Å². The lowest BCUT2D eigenvalue weighted by Crippen LogP contribution is -2.46. The van der Waals surface area contributed by atoms with E-state index in [1.165, 1.54) is 12.3 Å². The Labute approximate surface area is 263 Å². The van der Waals surface area contributed by atoms with E-state index in [0.29, 0.717) is 24.7 Å². The van der Waals surface area contributed by atoms with Gasteiger partial charge >= 0.3 is 0 Å². The molecule has 2 amide bonds. The summed E-state index contributed by atoms with van der Waals surface area (Å²) in [5.74, 6) is -0.831. The molecular weight excluding hydrogens is 599 g/mol. The third kappa shape index (κ3) is 6.35. The Kier molecular flexibility index (Phi) is 8.70. The first-order valence-corrected chi connectivity index (χ1v) is 15.6. The summed E-state index contributed by atoms with van der Waals surface area (Å²) in [6, 6.07) is 10.7. The topological polar surface area (TPSA) is 128 Å². The maximum absolute atomic E-state index is 13.6. The summed E-state index contributed by atoms with van der Waals surface area (Å²) in [6.45, 7) is 4.60. The fourth-order valence-electron chi connectivity index (χ4n) is 5.56. The summed E-state index contributed by atoms with van der Waals surface area (Å²) in [5, 5.41) is 2.62. The number of fused-ring (bicyclic) bond motifs is 2. The Morgan fingerprint density at radius 1 is 1.16 bits per heavy atom. The van der Waals surface area contributed by atoms with Gasteiger partial charge in [0, 0.05) is 49.4 Å². The number of hydrogen-bond donors (Lipinski definition) is 1. The van der Waals surface area contributed by atoms with E-state index in [0.717, 1.165) is 28.1 Å². The molecule has 0 radical (unpaired) electrons. The number of aryl methyl sites for hydroxylation is 1. The maximum Gasteiger partial charge on any atom is 0.274 e. The molecular formula is C32H33FN6O5S. The summed E-state index contributed by atoms with van der Waals surface area (Å²) < 4.78 is 22.4. The zero-order chi connectivity index (χ0) is 31.7. The van der Waals surface area contributed by atoms with Gasteiger partial charge in [-0.05, 0) is 38.7 Å². The van der Waals surface area contributed by atoms with E-state index in [2.05, 4.69) is 15.3 Å². The minimum Gasteiger partial charge on any atom is -0.483 e. The number of hydrogen-bond acceptors (Lipinski definition) is 8. The number of ether oxygens (including phenoxy) is 1. The van der Waals surface area contributed by atoms with Crippen LogP contribution in [-0.4, -0.2) is 60.1 Å². The average molecular weight is 633 g/mol. The second-order valence-corrected chi connectivity index (χ2v) is 12.1. The molecule has 0 unspecified atom stereocenters. The van der Waals surface area contributed by atoms with Gasteiger partial charge in [0.1, 0.15) is 12.1 Å². The van der Waals surface area contributed by atoms with Gasteiger partial charge in [-0.3, -0.25) is 19.2 Å². The number of rotatable bonds is 12. The Morgan fingerprint density at radius 3 is 2.64 bits per heavy atom. The third-order valence-electron chi connectivity index (χ3n) is 8.13. The van der Waals surface area contributed by atoms with Gasteiger partial charge < -0.3 is 19.5 Å². The molecule has 11 nitrogen and oxygen atoms in total. The number of pyridine rings is 1. The van der Waals surface area contributed by atoms with E-state index >= 15 is 0 Å². The SMILES string of the molecule is CC(C)N1CCn2c(CCC(=O)CNC(=O)c3cn(SF)c4ncc(C5CC5)nc34)cc(=O)c(OCc3ccccc3)c2C1=O. The summed E-state index contributed by atoms with van der Waals surface area (Å²) in [5.41, 5.74) is 2.58. The fraction of sp³-hybridized carbons (Fsp3) is 0.375. The molecule has 4 aromatic rings. The van der Waals surface area contributed by atoms with E-state index < -0.39 is 11.3 Å². The molecule has 6 rings (SSSR count). The number of amides is 2. The van der Waals surface area contributed by atoms with Crippen molar-refractivity contribution in [3.8, 4) is 5.75 Å². The molecule has 1 saturated carbocycles. The molecule has 45 heavy (non-hydrogen) atoms. The standard InChI is InChI=1S/C32H33FN6O5S/c1-19(2)37-12-13-38-22(14-26(41)29(28(38)32(37)43)44-18-20-6-4-3-5-7-20)10-11-23(40)15-35-31(42)24-17-39(45-33)30-27(24)36-25(16-34-30)21-8-9-21/h3-7,14,16-17,19,21H,8-13,15,18H2,1-2H3,(H,35,42). The van der Waals surface area contributed by atoms with Gasteiger partial charge in [0.05, 0.1) is 24.0 Å². The molecule has 1 N–H and O–H groups in total. The second-order valence-electron chi connectivity index (χ2n) is 11.6. The van der Waals surface area contributed by atoms with Crippen LogP contribution >= 0.6 is 12.3 Å². The van der Waals surface area contributed by atoms with Crippen LogP contribution in [0.5, 0.6) is 5.75 Å². The number of benzene rings is 1. The number of carbonyl (C=O) groups is 3. The average Bonchev–Trinajstić information content (AvgIpc) is 3.83. The van der Waals surface area contributed by atoms with Gasteiger partial charge in [-0.15, -0.1) is 3.89 Å². The second kappa shape index (κ2) is 12.8. The number of carbonyl (C=O) groups excluding carboxylic acids is 3. The zero-order valence-electron chi connectivity index (χ0n) is 25.0. The quantitative estimate of drug-likeness (QED) is 0.246. The molecule has 1 aliphatic carbocycles. The lowest BCUT2D eigenvalue weighted by Gasteiger charge is -2.35. The summed E-state index contributed by atoms with van der Waals surface area (Å²) in [4.78, 5) is 63.4. The zero-order valence-corrected chi connectivity index (χ0v) is 25.8. The van der Waals surface area contributed by atoms with Crippen molar-refractivity contribution >= 4 is 41.1 Å². The van der Waals surface area contributed by atoms with Gasteiger partial charge in [-0.2, -0.15) is 0 Å². The third-order valence-corrected chi connectivity index (χ3v) is 8.56. The van der Waals surface area contributed by atoms with Gasteiger partial charge in [0.15, 0.2) is 35.2 Å². The monoisotopic (exact) mass is 632 g/mol. The summed E-state index contributed by atoms with van der Waals surface area (Å²) in [7, 11) is 0. The van der Waals surface area contributed by atoms with Crippen LogP contribution in [0.1, 0.15) is 76.8 Å². The largest absolute Gasteiger partial charge is 0.483 e. The first-order valence-electron chi connectivity index (χ1n) is 15.0. The molecule has 2 aliphatic rings. The molecule has 0 bridgehead atoms. The van der Waals surface area contributed by atoms with Crippen molar-refractivity contribution in [2.75, 3.05) is 13.1 Å². The number of aromatic nitrogens is 4. The van der Waals surface area contributed by atoms with E-state index in [9.17, 15) is 23.1 Å². The van der Waals surface area contributed by atoms with Crippen molar-refractivity contribution < 1.29 is 23.0 Å². The summed E-state index contributed by atoms with van der Waals surface area (Å²) in [6.07, 6.45) is 5.15. The molecule has 1 aromatic carbocycles. The molecule has 0 saturated heterocycles. The van der Waals surface area contributed by atoms with E-state index in [1.807, 2.05) is 44.2 Å². The number of Topliss-reactive ketones (excluding diaryl/α,β-unsaturated/α-hetero) is 1. The van der Waals surface area contributed by atoms with Crippen molar-refractivity contribution in [3.05, 3.63) is 87.2 Å². The molecule has 0 atom stereocenters. The molecule has 0 spiro atoms. The number of ketones is 1. The van der Waals surface area contributed by atoms with Crippen LogP contribution in [0.2, 0.25) is 0 Å². The minimum absolute atomic E-state index is 0.00455. The van der Waals surface area contributed by atoms with Crippen molar-refractivity contribution in [3.63, 3.8) is 0 Å². The normalized spacial score (nSPS) is 14.6. The molecule has 4 heterocycles. The van der Waals surface area contributed by atoms with Crippen LogP contribution in [0.4, 0.5) is 3.89 Å². The van der Waals surface area contributed by atoms with Gasteiger partial charge in [0.25, 0.3) is 11.8 Å². The van der Waals surface area contributed by atoms with Crippen LogP contribution in [0, 0.1) is 0 Å². The van der Waals surface area contributed by atoms with Gasteiger partial charge in [-0.1, -0.05) is 30.3 Å². The lowest BCUT2D eigenvalue weighted by atomic mass is 10.1. The van der Waals surface area contributed by atoms with Crippen LogP contribution < -0.4 is 15.5 Å². The Bertz CT molecular complexity index is 1840. The minimum atomic E-state index is -0.559. The van der Waals surface area contributed by atoms with Crippen molar-refractivity contribution in [2.24, 2.45) is 0 Å². The molecule has 1 fully saturated rings. The van der Waals surface area contributed by atoms with E-state index in [1.54, 1.807) is 15.7 Å². The fourth-order valence-corrected chi connectivity index (χ4v) is 5.91. The molecule has 3 aromatic heterocycles. The maximum atomic E-state index is 13.6. The summed E-state index contributed by atoms with van der Waals surface area (Å²) >= 11 is -0.0832. The first kappa shape index (κ1) is 30.5. The lowest BCUT2D eigenvalue weighted by molar-refractivity contribution is -0.118. The number of halogens is 1. The number of nitrogens with zero attached hydrogens (tertiary/aromatic N) is 5. The van der Waals surface area contributed by atoms with Crippen molar-refractivity contribution in [1.82, 2.24) is 28.7 Å². The van der Waals surface area contributed by atoms with Crippen molar-refractivity contribution in [2.45, 2.75) is 64.6 Å². The molecule has 1 aliphatic heterocycles. The molecule has 234 valence electrons. The van der Waals surface area contributed by atoms with Crippen LogP contribution in [-0.2, 0) is 24.4 Å². The van der Waals surface area contributed by atoms with Crippen molar-refractivity contribution in [1.29, 1.82) is 0 Å². The highest BCUT2D eigenvalue weighted by atomic mass is 32.2. The Morgan fingerprint density at radius 2 is 1.93 bits per heavy atom. The van der Waals surface area contributed by atoms with Gasteiger partial charge in [0.2, 0.25) is 5.43 Å². The van der Waals surface area contributed by atoms with Crippen LogP contribution in [0.25, 0.3) is 11.2 Å². The Balaban J connectivity index is 1.16. The predicted molar refractivity (Wildman–Crippen MR) is 167 cm³/mol. The smallest absolute Gasteiger partial charge is 0.274 e. The predicted octanol–water partition coefficient (Wildman–Crippen LogP) is 4.23. The van der Waals surface area contributed by atoms with E-state index in [4.69, 9.17) is 4.74 Å². The Hall–Kier alpha value is -4.52. The van der Waals surface area contributed by atoms with Crippen LogP contribution in [0.15, 0.2) is 53.6 Å².